The first kappa shape index (κ1) is 20.1. The number of methoxy groups -OCH3 is 2. The fraction of sp³-hybridized carbons (Fsp3) is 0.182. The second-order valence-electron chi connectivity index (χ2n) is 6.25. The van der Waals surface area contributed by atoms with Crippen molar-refractivity contribution in [1.82, 2.24) is 4.98 Å². The molecule has 1 heterocycles. The number of nitrogens with zero attached hydrogens (tertiary/aromatic N) is 1. The fourth-order valence-electron chi connectivity index (χ4n) is 2.81. The average molecular weight is 395 g/mol. The summed E-state index contributed by atoms with van der Waals surface area (Å²) < 4.78 is 24.2. The van der Waals surface area contributed by atoms with Gasteiger partial charge in [0.15, 0.2) is 0 Å². The van der Waals surface area contributed by atoms with Gasteiger partial charge in [0, 0.05) is 25.0 Å². The third-order valence-electron chi connectivity index (χ3n) is 4.34. The van der Waals surface area contributed by atoms with Gasteiger partial charge in [-0.2, -0.15) is 0 Å². The van der Waals surface area contributed by atoms with Crippen molar-refractivity contribution in [3.05, 3.63) is 77.9 Å². The Hall–Kier alpha value is -3.61. The lowest BCUT2D eigenvalue weighted by Gasteiger charge is -2.12. The number of pyridine rings is 1. The van der Waals surface area contributed by atoms with Crippen LogP contribution in [-0.2, 0) is 6.42 Å². The summed E-state index contributed by atoms with van der Waals surface area (Å²) in [6.45, 7) is 0.511. The van der Waals surface area contributed by atoms with E-state index in [4.69, 9.17) is 9.47 Å². The van der Waals surface area contributed by atoms with Crippen molar-refractivity contribution in [2.45, 2.75) is 6.42 Å². The lowest BCUT2D eigenvalue weighted by Crippen LogP contribution is -2.14. The maximum Gasteiger partial charge on any atom is 0.257 e. The van der Waals surface area contributed by atoms with Gasteiger partial charge in [-0.05, 0) is 36.2 Å². The van der Waals surface area contributed by atoms with Crippen LogP contribution in [0, 0.1) is 5.82 Å². The maximum absolute atomic E-state index is 13.7. The molecule has 2 N–H and O–H groups in total. The number of anilines is 2. The Morgan fingerprint density at radius 2 is 1.90 bits per heavy atom. The third kappa shape index (κ3) is 5.22. The van der Waals surface area contributed by atoms with E-state index in [2.05, 4.69) is 15.6 Å². The first-order valence-electron chi connectivity index (χ1n) is 9.06. The van der Waals surface area contributed by atoms with Gasteiger partial charge < -0.3 is 20.1 Å². The summed E-state index contributed by atoms with van der Waals surface area (Å²) in [4.78, 5) is 16.8. The van der Waals surface area contributed by atoms with Crippen LogP contribution in [0.1, 0.15) is 15.9 Å². The normalized spacial score (nSPS) is 10.3. The summed E-state index contributed by atoms with van der Waals surface area (Å²) in [5.74, 6) is 0.559. The molecule has 0 bridgehead atoms. The third-order valence-corrected chi connectivity index (χ3v) is 4.34. The first-order valence-corrected chi connectivity index (χ1v) is 9.06. The van der Waals surface area contributed by atoms with Gasteiger partial charge >= 0.3 is 0 Å². The number of nitrogens with one attached hydrogen (secondary N) is 2. The first-order chi connectivity index (χ1) is 14.1. The van der Waals surface area contributed by atoms with Crippen molar-refractivity contribution >= 4 is 17.3 Å². The van der Waals surface area contributed by atoms with Gasteiger partial charge in [0.05, 0.1) is 31.2 Å². The van der Waals surface area contributed by atoms with Gasteiger partial charge in [-0.1, -0.05) is 18.2 Å². The number of carbonyl (C=O) groups excluding carboxylic acids is 1. The minimum atomic E-state index is -0.332. The summed E-state index contributed by atoms with van der Waals surface area (Å²) in [6.07, 6.45) is 3.61. The second-order valence-corrected chi connectivity index (χ2v) is 6.25. The van der Waals surface area contributed by atoms with Crippen LogP contribution in [0.4, 0.5) is 15.8 Å². The van der Waals surface area contributed by atoms with Gasteiger partial charge in [-0.25, -0.2) is 4.39 Å². The lowest BCUT2D eigenvalue weighted by molar-refractivity contribution is 0.102. The second kappa shape index (κ2) is 9.54. The van der Waals surface area contributed by atoms with Gasteiger partial charge in [-0.3, -0.25) is 9.78 Å². The molecule has 0 saturated carbocycles. The Labute approximate surface area is 168 Å². The molecule has 150 valence electrons. The molecular weight excluding hydrogens is 373 g/mol. The Kier molecular flexibility index (Phi) is 6.63. The molecule has 3 rings (SSSR count). The predicted octanol–water partition coefficient (Wildman–Crippen LogP) is 4.14. The van der Waals surface area contributed by atoms with E-state index in [1.165, 1.54) is 19.4 Å². The molecule has 1 amide bonds. The molecule has 0 radical (unpaired) electrons. The van der Waals surface area contributed by atoms with Gasteiger partial charge in [0.25, 0.3) is 5.91 Å². The molecule has 7 heteroatoms. The number of hydrogen-bond donors (Lipinski definition) is 2. The van der Waals surface area contributed by atoms with E-state index >= 15 is 0 Å². The highest BCUT2D eigenvalue weighted by atomic mass is 19.1. The predicted molar refractivity (Wildman–Crippen MR) is 110 cm³/mol. The average Bonchev–Trinajstić information content (AvgIpc) is 2.75. The molecule has 0 spiro atoms. The minimum Gasteiger partial charge on any atom is -0.497 e. The fourth-order valence-corrected chi connectivity index (χ4v) is 2.81. The Balaban J connectivity index is 1.66. The molecule has 29 heavy (non-hydrogen) atoms. The minimum absolute atomic E-state index is 0.229. The van der Waals surface area contributed by atoms with Crippen molar-refractivity contribution in [3.8, 4) is 11.5 Å². The van der Waals surface area contributed by atoms with E-state index < -0.39 is 0 Å². The molecule has 0 aliphatic rings. The molecule has 0 aliphatic carbocycles. The molecule has 6 nitrogen and oxygen atoms in total. The summed E-state index contributed by atoms with van der Waals surface area (Å²) in [5.41, 5.74) is 2.18. The number of hydrogen-bond acceptors (Lipinski definition) is 5. The van der Waals surface area contributed by atoms with Crippen LogP contribution in [0.5, 0.6) is 11.5 Å². The molecule has 1 aromatic heterocycles. The number of halogens is 1. The van der Waals surface area contributed by atoms with Crippen LogP contribution in [0.25, 0.3) is 0 Å². The standard InChI is InChI=1S/C22H22FN3O3/c1-28-18-7-8-21(29-2)20(12-18)26-22(27)16-11-17(14-24-13-16)25-10-9-15-5-3-4-6-19(15)23/h3-8,11-14,25H,9-10H2,1-2H3,(H,26,27). The molecular formula is C22H22FN3O3. The summed E-state index contributed by atoms with van der Waals surface area (Å²) >= 11 is 0. The van der Waals surface area contributed by atoms with Crippen LogP contribution in [0.3, 0.4) is 0 Å². The molecule has 3 aromatic rings. The number of carbonyl (C=O) groups is 1. The number of amides is 1. The monoisotopic (exact) mass is 395 g/mol. The van der Waals surface area contributed by atoms with Gasteiger partial charge in [-0.15, -0.1) is 0 Å². The molecule has 0 atom stereocenters. The number of aromatic nitrogens is 1. The maximum atomic E-state index is 13.7. The highest BCUT2D eigenvalue weighted by molar-refractivity contribution is 6.05. The highest BCUT2D eigenvalue weighted by Crippen LogP contribution is 2.29. The largest absolute Gasteiger partial charge is 0.497 e. The van der Waals surface area contributed by atoms with E-state index in [0.29, 0.717) is 47.0 Å². The van der Waals surface area contributed by atoms with E-state index in [0.717, 1.165) is 0 Å². The van der Waals surface area contributed by atoms with E-state index in [1.807, 2.05) is 0 Å². The Morgan fingerprint density at radius 1 is 1.07 bits per heavy atom. The lowest BCUT2D eigenvalue weighted by atomic mass is 10.1. The van der Waals surface area contributed by atoms with Crippen molar-refractivity contribution in [3.63, 3.8) is 0 Å². The molecule has 2 aromatic carbocycles. The quantitative estimate of drug-likeness (QED) is 0.600. The number of benzene rings is 2. The number of rotatable bonds is 8. The summed E-state index contributed by atoms with van der Waals surface area (Å²) in [7, 11) is 3.08. The zero-order valence-electron chi connectivity index (χ0n) is 16.2. The number of ether oxygens (including phenoxy) is 2. The van der Waals surface area contributed by atoms with Crippen molar-refractivity contribution in [2.75, 3.05) is 31.4 Å². The molecule has 0 fully saturated rings. The Bertz CT molecular complexity index is 995. The van der Waals surface area contributed by atoms with E-state index in [9.17, 15) is 9.18 Å². The van der Waals surface area contributed by atoms with Crippen LogP contribution >= 0.6 is 0 Å². The van der Waals surface area contributed by atoms with Gasteiger partial charge in [0.2, 0.25) is 0 Å². The van der Waals surface area contributed by atoms with Crippen molar-refractivity contribution < 1.29 is 18.7 Å². The topological polar surface area (TPSA) is 72.5 Å². The zero-order valence-corrected chi connectivity index (χ0v) is 16.2. The summed E-state index contributed by atoms with van der Waals surface area (Å²) in [6, 6.07) is 13.5. The van der Waals surface area contributed by atoms with Gasteiger partial charge in [0.1, 0.15) is 17.3 Å². The van der Waals surface area contributed by atoms with Crippen LogP contribution in [0.15, 0.2) is 60.9 Å². The van der Waals surface area contributed by atoms with E-state index in [1.54, 1.807) is 55.8 Å². The molecule has 0 aliphatic heterocycles. The van der Waals surface area contributed by atoms with Crippen LogP contribution in [-0.4, -0.2) is 31.7 Å². The van der Waals surface area contributed by atoms with Crippen molar-refractivity contribution in [1.29, 1.82) is 0 Å². The zero-order chi connectivity index (χ0) is 20.6. The molecule has 0 saturated heterocycles. The van der Waals surface area contributed by atoms with Crippen molar-refractivity contribution in [2.24, 2.45) is 0 Å². The Morgan fingerprint density at radius 3 is 2.66 bits per heavy atom. The molecule has 0 unspecified atom stereocenters. The SMILES string of the molecule is COc1ccc(OC)c(NC(=O)c2cncc(NCCc3ccccc3F)c2)c1. The smallest absolute Gasteiger partial charge is 0.257 e. The summed E-state index contributed by atoms with van der Waals surface area (Å²) in [5, 5.41) is 5.97. The van der Waals surface area contributed by atoms with E-state index in [-0.39, 0.29) is 11.7 Å². The van der Waals surface area contributed by atoms with Crippen LogP contribution in [0.2, 0.25) is 0 Å². The van der Waals surface area contributed by atoms with Crippen LogP contribution < -0.4 is 20.1 Å². The highest BCUT2D eigenvalue weighted by Gasteiger charge is 2.12.